The molecule has 3 aromatic rings. The molecular formula is C21H20ClN3O3. The molecule has 3 rings (SSSR count). The summed E-state index contributed by atoms with van der Waals surface area (Å²) in [6.07, 6.45) is 1.57. The van der Waals surface area contributed by atoms with Gasteiger partial charge in [-0.3, -0.25) is 9.78 Å². The van der Waals surface area contributed by atoms with Crippen molar-refractivity contribution in [1.29, 1.82) is 0 Å². The van der Waals surface area contributed by atoms with Crippen LogP contribution in [0.15, 0.2) is 60.8 Å². The number of nitrogens with zero attached hydrogens (tertiary/aromatic N) is 1. The molecule has 0 aliphatic carbocycles. The molecule has 1 heterocycles. The minimum atomic E-state index is -0.365. The summed E-state index contributed by atoms with van der Waals surface area (Å²) in [5.74, 6) is 0.954. The number of rotatable bonds is 7. The lowest BCUT2D eigenvalue weighted by Gasteiger charge is -2.11. The zero-order valence-electron chi connectivity index (χ0n) is 15.5. The van der Waals surface area contributed by atoms with Crippen LogP contribution < -0.4 is 20.1 Å². The number of amides is 1. The highest BCUT2D eigenvalue weighted by Gasteiger charge is 2.12. The third-order valence-electron chi connectivity index (χ3n) is 3.86. The van der Waals surface area contributed by atoms with Crippen LogP contribution in [0.2, 0.25) is 5.02 Å². The van der Waals surface area contributed by atoms with Crippen molar-refractivity contribution in [3.05, 3.63) is 71.5 Å². The highest BCUT2D eigenvalue weighted by atomic mass is 35.5. The second-order valence-corrected chi connectivity index (χ2v) is 6.25. The number of anilines is 3. The van der Waals surface area contributed by atoms with Gasteiger partial charge in [0.15, 0.2) is 0 Å². The Kier molecular flexibility index (Phi) is 6.34. The van der Waals surface area contributed by atoms with Crippen molar-refractivity contribution in [3.8, 4) is 11.5 Å². The molecule has 0 spiro atoms. The summed E-state index contributed by atoms with van der Waals surface area (Å²) < 4.78 is 10.7. The summed E-state index contributed by atoms with van der Waals surface area (Å²) in [6.45, 7) is 2.56. The van der Waals surface area contributed by atoms with E-state index in [2.05, 4.69) is 15.6 Å². The fourth-order valence-electron chi connectivity index (χ4n) is 2.56. The van der Waals surface area contributed by atoms with E-state index in [9.17, 15) is 4.79 Å². The van der Waals surface area contributed by atoms with Crippen LogP contribution in [0.5, 0.6) is 11.5 Å². The van der Waals surface area contributed by atoms with Gasteiger partial charge >= 0.3 is 0 Å². The highest BCUT2D eigenvalue weighted by Crippen LogP contribution is 2.28. The lowest BCUT2D eigenvalue weighted by molar-refractivity contribution is 0.102. The number of halogens is 1. The van der Waals surface area contributed by atoms with Crippen LogP contribution >= 0.6 is 11.6 Å². The van der Waals surface area contributed by atoms with Gasteiger partial charge in [-0.15, -0.1) is 0 Å². The van der Waals surface area contributed by atoms with Crippen LogP contribution in [0, 0.1) is 0 Å². The van der Waals surface area contributed by atoms with Crippen LogP contribution in [-0.2, 0) is 0 Å². The Morgan fingerprint density at radius 3 is 2.57 bits per heavy atom. The molecular weight excluding hydrogens is 378 g/mol. The Balaban J connectivity index is 1.73. The Bertz CT molecular complexity index is 961. The van der Waals surface area contributed by atoms with Gasteiger partial charge in [-0.2, -0.15) is 0 Å². The number of nitrogens with one attached hydrogen (secondary N) is 2. The molecule has 6 nitrogen and oxygen atoms in total. The Morgan fingerprint density at radius 1 is 1.07 bits per heavy atom. The monoisotopic (exact) mass is 397 g/mol. The van der Waals surface area contributed by atoms with Gasteiger partial charge < -0.3 is 20.1 Å². The van der Waals surface area contributed by atoms with Gasteiger partial charge in [-0.1, -0.05) is 11.6 Å². The molecule has 1 amide bonds. The minimum absolute atomic E-state index is 0.262. The molecule has 0 saturated carbocycles. The van der Waals surface area contributed by atoms with Crippen molar-refractivity contribution in [2.45, 2.75) is 6.92 Å². The maximum absolute atomic E-state index is 12.6. The van der Waals surface area contributed by atoms with E-state index >= 15 is 0 Å². The normalized spacial score (nSPS) is 10.2. The number of carbonyl (C=O) groups is 1. The first-order chi connectivity index (χ1) is 13.6. The Morgan fingerprint density at radius 2 is 1.86 bits per heavy atom. The van der Waals surface area contributed by atoms with E-state index in [0.717, 1.165) is 17.1 Å². The van der Waals surface area contributed by atoms with E-state index in [1.54, 1.807) is 36.5 Å². The van der Waals surface area contributed by atoms with E-state index in [1.165, 1.54) is 7.11 Å². The molecule has 144 valence electrons. The molecule has 28 heavy (non-hydrogen) atoms. The summed E-state index contributed by atoms with van der Waals surface area (Å²) in [5, 5.41) is 6.51. The van der Waals surface area contributed by atoms with Crippen LogP contribution in [-0.4, -0.2) is 24.6 Å². The maximum atomic E-state index is 12.6. The van der Waals surface area contributed by atoms with Crippen LogP contribution in [0.1, 0.15) is 17.4 Å². The van der Waals surface area contributed by atoms with Gasteiger partial charge in [0.05, 0.1) is 19.4 Å². The number of hydrogen-bond acceptors (Lipinski definition) is 5. The molecule has 2 aromatic carbocycles. The molecule has 0 atom stereocenters. The largest absolute Gasteiger partial charge is 0.495 e. The third kappa shape index (κ3) is 4.92. The minimum Gasteiger partial charge on any atom is -0.495 e. The Hall–Kier alpha value is -3.25. The zero-order valence-corrected chi connectivity index (χ0v) is 16.3. The number of methoxy groups -OCH3 is 1. The van der Waals surface area contributed by atoms with E-state index in [-0.39, 0.29) is 11.6 Å². The molecule has 1 aromatic heterocycles. The molecule has 0 fully saturated rings. The van der Waals surface area contributed by atoms with Crippen molar-refractivity contribution in [1.82, 2.24) is 4.98 Å². The smallest absolute Gasteiger partial charge is 0.274 e. The standard InChI is InChI=1S/C21H20ClN3O3/c1-3-28-17-7-5-15(6-8-17)24-16-10-11-23-19(13-16)21(26)25-18-12-14(22)4-9-20(18)27-2/h4-13H,3H2,1-2H3,(H,23,24)(H,25,26). The first-order valence-corrected chi connectivity index (χ1v) is 9.07. The number of benzene rings is 2. The SMILES string of the molecule is CCOc1ccc(Nc2ccnc(C(=O)Nc3cc(Cl)ccc3OC)c2)cc1. The zero-order chi connectivity index (χ0) is 19.9. The third-order valence-corrected chi connectivity index (χ3v) is 4.09. The molecule has 0 unspecified atom stereocenters. The van der Waals surface area contributed by atoms with Gasteiger partial charge in [0.1, 0.15) is 17.2 Å². The lowest BCUT2D eigenvalue weighted by atomic mass is 10.2. The second-order valence-electron chi connectivity index (χ2n) is 5.81. The molecule has 0 saturated heterocycles. The number of carbonyl (C=O) groups excluding carboxylic acids is 1. The Labute approximate surface area is 168 Å². The predicted molar refractivity (Wildman–Crippen MR) is 111 cm³/mol. The molecule has 7 heteroatoms. The topological polar surface area (TPSA) is 72.5 Å². The summed E-state index contributed by atoms with van der Waals surface area (Å²) in [4.78, 5) is 16.7. The predicted octanol–water partition coefficient (Wildman–Crippen LogP) is 5.14. The average molecular weight is 398 g/mol. The number of aromatic nitrogens is 1. The van der Waals surface area contributed by atoms with Crippen molar-refractivity contribution >= 4 is 34.6 Å². The molecule has 0 aliphatic heterocycles. The van der Waals surface area contributed by atoms with Crippen LogP contribution in [0.3, 0.4) is 0 Å². The lowest BCUT2D eigenvalue weighted by Crippen LogP contribution is -2.14. The van der Waals surface area contributed by atoms with Gasteiger partial charge in [0.25, 0.3) is 5.91 Å². The number of hydrogen-bond donors (Lipinski definition) is 2. The molecule has 0 aliphatic rings. The summed E-state index contributed by atoms with van der Waals surface area (Å²) in [7, 11) is 1.53. The van der Waals surface area contributed by atoms with Crippen molar-refractivity contribution in [2.75, 3.05) is 24.4 Å². The van der Waals surface area contributed by atoms with Crippen LogP contribution in [0.4, 0.5) is 17.1 Å². The summed E-state index contributed by atoms with van der Waals surface area (Å²) in [6, 6.07) is 16.0. The molecule has 0 radical (unpaired) electrons. The number of pyridine rings is 1. The van der Waals surface area contributed by atoms with Crippen LogP contribution in [0.25, 0.3) is 0 Å². The maximum Gasteiger partial charge on any atom is 0.274 e. The van der Waals surface area contributed by atoms with Gasteiger partial charge in [0.2, 0.25) is 0 Å². The first kappa shape index (κ1) is 19.5. The first-order valence-electron chi connectivity index (χ1n) is 8.70. The van der Waals surface area contributed by atoms with E-state index in [4.69, 9.17) is 21.1 Å². The van der Waals surface area contributed by atoms with Crippen molar-refractivity contribution < 1.29 is 14.3 Å². The van der Waals surface area contributed by atoms with E-state index in [0.29, 0.717) is 23.1 Å². The van der Waals surface area contributed by atoms with Gasteiger partial charge in [0, 0.05) is 22.6 Å². The van der Waals surface area contributed by atoms with Gasteiger partial charge in [-0.25, -0.2) is 0 Å². The second kappa shape index (κ2) is 9.10. The average Bonchev–Trinajstić information content (AvgIpc) is 2.70. The molecule has 2 N–H and O–H groups in total. The summed E-state index contributed by atoms with van der Waals surface area (Å²) in [5.41, 5.74) is 2.35. The quantitative estimate of drug-likeness (QED) is 0.577. The van der Waals surface area contributed by atoms with Crippen molar-refractivity contribution in [3.63, 3.8) is 0 Å². The number of ether oxygens (including phenoxy) is 2. The van der Waals surface area contributed by atoms with Gasteiger partial charge in [-0.05, 0) is 61.5 Å². The van der Waals surface area contributed by atoms with Crippen molar-refractivity contribution in [2.24, 2.45) is 0 Å². The van der Waals surface area contributed by atoms with E-state index in [1.807, 2.05) is 31.2 Å². The highest BCUT2D eigenvalue weighted by molar-refractivity contribution is 6.31. The summed E-state index contributed by atoms with van der Waals surface area (Å²) >= 11 is 6.01. The van der Waals surface area contributed by atoms with E-state index < -0.39 is 0 Å². The fraction of sp³-hybridized carbons (Fsp3) is 0.143. The molecule has 0 bridgehead atoms. The fourth-order valence-corrected chi connectivity index (χ4v) is 2.74.